The molecule has 1 saturated heterocycles. The maximum Gasteiger partial charge on any atom is 0.141 e. The second-order valence-corrected chi connectivity index (χ2v) is 11.5. The molecule has 0 amide bonds. The van der Waals surface area contributed by atoms with Gasteiger partial charge in [-0.3, -0.25) is 4.98 Å². The van der Waals surface area contributed by atoms with E-state index in [2.05, 4.69) is 71.8 Å². The summed E-state index contributed by atoms with van der Waals surface area (Å²) in [5.41, 5.74) is 6.70. The Morgan fingerprint density at radius 2 is 1.88 bits per heavy atom. The Kier molecular flexibility index (Phi) is 7.53. The maximum atomic E-state index is 6.70. The summed E-state index contributed by atoms with van der Waals surface area (Å²) < 4.78 is 20.1. The number of fused-ring (bicyclic) bond motifs is 3. The highest BCUT2D eigenvalue weighted by Gasteiger charge is 2.27. The van der Waals surface area contributed by atoms with Crippen molar-refractivity contribution < 1.29 is 14.0 Å². The summed E-state index contributed by atoms with van der Waals surface area (Å²) in [7, 11) is 1.71. The van der Waals surface area contributed by atoms with Crippen molar-refractivity contribution in [2.24, 2.45) is 5.92 Å². The lowest BCUT2D eigenvalue weighted by molar-refractivity contribution is 0.174. The van der Waals surface area contributed by atoms with Crippen molar-refractivity contribution in [2.45, 2.75) is 59.7 Å². The topological polar surface area (TPSA) is 78.4 Å². The van der Waals surface area contributed by atoms with Gasteiger partial charge in [-0.1, -0.05) is 35.5 Å². The van der Waals surface area contributed by atoms with E-state index in [1.807, 2.05) is 26.1 Å². The van der Waals surface area contributed by atoms with Crippen LogP contribution in [0.15, 0.2) is 53.2 Å². The summed E-state index contributed by atoms with van der Waals surface area (Å²) in [5.74, 6) is 2.93. The monoisotopic (exact) mass is 553 g/mol. The first-order valence-electron chi connectivity index (χ1n) is 14.5. The quantitative estimate of drug-likeness (QED) is 0.200. The van der Waals surface area contributed by atoms with Crippen molar-refractivity contribution in [2.75, 3.05) is 26.8 Å². The number of likely N-dealkylation sites (tertiary alicyclic amines) is 1. The minimum absolute atomic E-state index is 0.0454. The van der Waals surface area contributed by atoms with Crippen molar-refractivity contribution in [1.29, 1.82) is 0 Å². The van der Waals surface area contributed by atoms with E-state index in [0.717, 1.165) is 75.6 Å². The minimum Gasteiger partial charge on any atom is -0.493 e. The van der Waals surface area contributed by atoms with Crippen LogP contribution in [0.4, 0.5) is 0 Å². The van der Waals surface area contributed by atoms with Crippen LogP contribution in [-0.4, -0.2) is 57.4 Å². The third-order valence-electron chi connectivity index (χ3n) is 8.46. The van der Waals surface area contributed by atoms with E-state index in [0.29, 0.717) is 25.2 Å². The van der Waals surface area contributed by atoms with E-state index in [1.165, 1.54) is 5.56 Å². The van der Waals surface area contributed by atoms with Gasteiger partial charge in [-0.25, -0.2) is 4.98 Å². The van der Waals surface area contributed by atoms with Crippen LogP contribution in [0.1, 0.15) is 56.1 Å². The van der Waals surface area contributed by atoms with Crippen LogP contribution in [0.3, 0.4) is 0 Å². The van der Waals surface area contributed by atoms with Gasteiger partial charge in [0.1, 0.15) is 29.5 Å². The van der Waals surface area contributed by atoms with Crippen LogP contribution in [0.25, 0.3) is 33.1 Å². The van der Waals surface area contributed by atoms with E-state index in [-0.39, 0.29) is 6.04 Å². The molecule has 0 spiro atoms. The number of imidazole rings is 1. The normalized spacial score (nSPS) is 16.8. The fourth-order valence-electron chi connectivity index (χ4n) is 6.24. The molecule has 1 aliphatic rings. The first-order chi connectivity index (χ1) is 19.9. The Hall–Kier alpha value is -3.75. The lowest BCUT2D eigenvalue weighted by Crippen LogP contribution is -2.29. The average Bonchev–Trinajstić information content (AvgIpc) is 3.69. The number of ether oxygens (including phenoxy) is 2. The number of benzene rings is 2. The number of methoxy groups -OCH3 is 1. The molecule has 0 N–H and O–H groups in total. The molecule has 0 saturated carbocycles. The number of nitrogens with zero attached hydrogens (tertiary/aromatic N) is 5. The highest BCUT2D eigenvalue weighted by molar-refractivity contribution is 6.05. The first-order valence-corrected chi connectivity index (χ1v) is 14.5. The van der Waals surface area contributed by atoms with Crippen LogP contribution < -0.4 is 4.74 Å². The van der Waals surface area contributed by atoms with E-state index in [4.69, 9.17) is 24.0 Å². The lowest BCUT2D eigenvalue weighted by atomic mass is 10.00. The zero-order valence-corrected chi connectivity index (χ0v) is 24.8. The van der Waals surface area contributed by atoms with Gasteiger partial charge in [0.15, 0.2) is 0 Å². The van der Waals surface area contributed by atoms with Crippen LogP contribution in [0.5, 0.6) is 5.75 Å². The lowest BCUT2D eigenvalue weighted by Gasteiger charge is -2.21. The molecule has 1 fully saturated rings. The van der Waals surface area contributed by atoms with E-state index >= 15 is 0 Å². The van der Waals surface area contributed by atoms with Gasteiger partial charge in [0.05, 0.1) is 41.1 Å². The molecule has 0 aliphatic carbocycles. The molecule has 4 heterocycles. The van der Waals surface area contributed by atoms with Crippen LogP contribution in [0, 0.1) is 19.8 Å². The Balaban J connectivity index is 1.52. The Morgan fingerprint density at radius 3 is 2.56 bits per heavy atom. The van der Waals surface area contributed by atoms with Crippen LogP contribution in [-0.2, 0) is 11.3 Å². The second kappa shape index (κ2) is 11.3. The summed E-state index contributed by atoms with van der Waals surface area (Å²) in [4.78, 5) is 12.4. The summed E-state index contributed by atoms with van der Waals surface area (Å²) in [5, 5.41) is 5.24. The highest BCUT2D eigenvalue weighted by atomic mass is 16.5. The molecule has 8 nitrogen and oxygen atoms in total. The van der Waals surface area contributed by atoms with Gasteiger partial charge in [0.25, 0.3) is 0 Å². The molecule has 214 valence electrons. The van der Waals surface area contributed by atoms with E-state index in [9.17, 15) is 0 Å². The second-order valence-electron chi connectivity index (χ2n) is 11.5. The molecule has 41 heavy (non-hydrogen) atoms. The van der Waals surface area contributed by atoms with Crippen molar-refractivity contribution in [1.82, 2.24) is 24.6 Å². The SMILES string of the molecule is COCc1nc2cnc3cc(-c4c(C)noc4C)c(OC[C@H]4CCN(C(C)C)C4)cc3c2n1C(C)c1ccccc1. The highest BCUT2D eigenvalue weighted by Crippen LogP contribution is 2.40. The van der Waals surface area contributed by atoms with Crippen molar-refractivity contribution in [3.05, 3.63) is 71.5 Å². The molecule has 6 rings (SSSR count). The van der Waals surface area contributed by atoms with E-state index in [1.54, 1.807) is 7.11 Å². The molecule has 0 bridgehead atoms. The molecule has 1 unspecified atom stereocenters. The van der Waals surface area contributed by atoms with Crippen molar-refractivity contribution >= 4 is 21.9 Å². The Labute approximate surface area is 241 Å². The maximum absolute atomic E-state index is 6.70. The van der Waals surface area contributed by atoms with Gasteiger partial charge in [-0.05, 0) is 65.3 Å². The van der Waals surface area contributed by atoms with Crippen molar-refractivity contribution in [3.63, 3.8) is 0 Å². The van der Waals surface area contributed by atoms with Gasteiger partial charge < -0.3 is 23.5 Å². The average molecular weight is 554 g/mol. The molecular formula is C33H39N5O3. The zero-order chi connectivity index (χ0) is 28.7. The summed E-state index contributed by atoms with van der Waals surface area (Å²) in [6.45, 7) is 13.9. The fraction of sp³-hybridized carbons (Fsp3) is 0.424. The predicted molar refractivity (Wildman–Crippen MR) is 161 cm³/mol. The Bertz CT molecular complexity index is 1650. The standard InChI is InChI=1S/C33H39N5O3/c1-20(2)37-13-12-24(17-37)18-40-30-15-26-28(14-27(30)32-21(3)36-41-23(32)5)34-16-29-33(26)38(31(35-29)19-39-6)22(4)25-10-8-7-9-11-25/h7-11,14-16,20,22,24H,12-13,17-19H2,1-6H3/t22?,24-/m0/s1. The molecule has 3 aromatic heterocycles. The molecule has 2 atom stereocenters. The molecule has 8 heteroatoms. The fourth-order valence-corrected chi connectivity index (χ4v) is 6.24. The van der Waals surface area contributed by atoms with E-state index < -0.39 is 0 Å². The molecule has 0 radical (unpaired) electrons. The molecule has 5 aromatic rings. The summed E-state index contributed by atoms with van der Waals surface area (Å²) >= 11 is 0. The van der Waals surface area contributed by atoms with Crippen LogP contribution in [0.2, 0.25) is 0 Å². The summed E-state index contributed by atoms with van der Waals surface area (Å²) in [6, 6.07) is 15.4. The molecular weight excluding hydrogens is 514 g/mol. The summed E-state index contributed by atoms with van der Waals surface area (Å²) in [6.07, 6.45) is 3.00. The number of aryl methyl sites for hydroxylation is 2. The van der Waals surface area contributed by atoms with Gasteiger partial charge in [0.2, 0.25) is 0 Å². The van der Waals surface area contributed by atoms with Crippen molar-refractivity contribution in [3.8, 4) is 16.9 Å². The number of hydrogen-bond acceptors (Lipinski definition) is 7. The first kappa shape index (κ1) is 27.4. The van der Waals surface area contributed by atoms with Gasteiger partial charge >= 0.3 is 0 Å². The zero-order valence-electron chi connectivity index (χ0n) is 24.8. The minimum atomic E-state index is 0.0454. The molecule has 2 aromatic carbocycles. The largest absolute Gasteiger partial charge is 0.493 e. The van der Waals surface area contributed by atoms with Gasteiger partial charge in [0, 0.05) is 36.6 Å². The molecule has 1 aliphatic heterocycles. The third-order valence-corrected chi connectivity index (χ3v) is 8.46. The smallest absolute Gasteiger partial charge is 0.141 e. The van der Waals surface area contributed by atoms with Gasteiger partial charge in [-0.2, -0.15) is 0 Å². The number of rotatable bonds is 9. The van der Waals surface area contributed by atoms with Gasteiger partial charge in [-0.15, -0.1) is 0 Å². The predicted octanol–water partition coefficient (Wildman–Crippen LogP) is 6.72. The Morgan fingerprint density at radius 1 is 1.07 bits per heavy atom. The number of aromatic nitrogens is 4. The van der Waals surface area contributed by atoms with Crippen LogP contribution >= 0.6 is 0 Å². The number of hydrogen-bond donors (Lipinski definition) is 0. The third kappa shape index (κ3) is 5.11. The number of pyridine rings is 1.